The Labute approximate surface area is 321 Å². The van der Waals surface area contributed by atoms with Crippen molar-refractivity contribution in [1.29, 1.82) is 0 Å². The van der Waals surface area contributed by atoms with Crippen molar-refractivity contribution >= 4 is 44.6 Å². The van der Waals surface area contributed by atoms with Crippen LogP contribution in [-0.2, 0) is 13.0 Å². The Morgan fingerprint density at radius 1 is 0.455 bits per heavy atom. The van der Waals surface area contributed by atoms with Crippen LogP contribution in [-0.4, -0.2) is 4.57 Å². The Morgan fingerprint density at radius 3 is 1.76 bits per heavy atom. The van der Waals surface area contributed by atoms with Gasteiger partial charge in [-0.2, -0.15) is 0 Å². The van der Waals surface area contributed by atoms with E-state index in [0.29, 0.717) is 0 Å². The summed E-state index contributed by atoms with van der Waals surface area (Å²) >= 11 is 0. The molecule has 0 saturated heterocycles. The summed E-state index contributed by atoms with van der Waals surface area (Å²) in [6, 6.07) is 60.5. The predicted molar refractivity (Wildman–Crippen MR) is 233 cm³/mol. The summed E-state index contributed by atoms with van der Waals surface area (Å²) in [6.07, 6.45) is 11.1. The summed E-state index contributed by atoms with van der Waals surface area (Å²) in [6.45, 7) is 0.820. The van der Waals surface area contributed by atoms with Gasteiger partial charge in [0.05, 0.1) is 11.2 Å². The molecule has 0 radical (unpaired) electrons. The van der Waals surface area contributed by atoms with Crippen molar-refractivity contribution < 1.29 is 0 Å². The van der Waals surface area contributed by atoms with E-state index in [1.807, 2.05) is 0 Å². The molecular weight excluding hydrogens is 665 g/mol. The highest BCUT2D eigenvalue weighted by Crippen LogP contribution is 2.46. The van der Waals surface area contributed by atoms with Crippen LogP contribution in [0.1, 0.15) is 28.8 Å². The van der Waals surface area contributed by atoms with Gasteiger partial charge in [-0.25, -0.2) is 0 Å². The first-order valence-corrected chi connectivity index (χ1v) is 19.4. The maximum atomic E-state index is 3.45. The molecule has 2 heterocycles. The summed E-state index contributed by atoms with van der Waals surface area (Å²) in [5, 5.41) is 9.84. The molecule has 0 unspecified atom stereocenters. The third-order valence-electron chi connectivity index (χ3n) is 11.7. The Morgan fingerprint density at radius 2 is 1.05 bits per heavy atom. The minimum absolute atomic E-state index is 0.820. The molecule has 0 atom stereocenters. The molecule has 2 nitrogen and oxygen atoms in total. The number of benzene rings is 8. The van der Waals surface area contributed by atoms with E-state index in [2.05, 4.69) is 198 Å². The molecule has 0 amide bonds. The van der Waals surface area contributed by atoms with Crippen LogP contribution in [0.15, 0.2) is 176 Å². The van der Waals surface area contributed by atoms with Crippen molar-refractivity contribution in [2.45, 2.75) is 19.4 Å². The maximum absolute atomic E-state index is 3.45. The second-order valence-electron chi connectivity index (χ2n) is 14.8. The molecule has 0 saturated carbocycles. The highest BCUT2D eigenvalue weighted by Gasteiger charge is 2.23. The van der Waals surface area contributed by atoms with Crippen LogP contribution in [0.25, 0.3) is 94.8 Å². The van der Waals surface area contributed by atoms with Crippen LogP contribution in [0.4, 0.5) is 0 Å². The molecule has 9 aromatic rings. The van der Waals surface area contributed by atoms with Crippen LogP contribution in [0.2, 0.25) is 0 Å². The fraction of sp³-hybridized carbons (Fsp3) is 0.0566. The largest absolute Gasteiger partial charge is 0.387 e. The zero-order chi connectivity index (χ0) is 36.3. The van der Waals surface area contributed by atoms with Gasteiger partial charge in [0.15, 0.2) is 0 Å². The van der Waals surface area contributed by atoms with E-state index in [0.717, 1.165) is 19.4 Å². The average Bonchev–Trinajstić information content (AvgIpc) is 3.59. The van der Waals surface area contributed by atoms with Crippen LogP contribution >= 0.6 is 0 Å². The number of rotatable bonds is 5. The number of nitrogens with zero attached hydrogens (tertiary/aromatic N) is 1. The lowest BCUT2D eigenvalue weighted by Gasteiger charge is -2.24. The van der Waals surface area contributed by atoms with Crippen LogP contribution in [0, 0.1) is 0 Å². The SMILES string of the molecule is C1=Cc2c(c(-c3ccccc3)c3ccc(-c4ccc5cc(-c6ccc7c(c6)c6c(n7-c7ccccc7)C=CNC6)ccc5c4)cc3c2-c2ccccc2)CC1. The number of allylic oxidation sites excluding steroid dienone is 1. The number of nitrogens with one attached hydrogen (secondary N) is 1. The van der Waals surface area contributed by atoms with Crippen LogP contribution in [0.5, 0.6) is 0 Å². The zero-order valence-corrected chi connectivity index (χ0v) is 30.5. The van der Waals surface area contributed by atoms with Crippen LogP contribution < -0.4 is 5.32 Å². The van der Waals surface area contributed by atoms with Gasteiger partial charge in [0.1, 0.15) is 0 Å². The minimum atomic E-state index is 0.820. The Hall–Kier alpha value is -6.90. The zero-order valence-electron chi connectivity index (χ0n) is 30.5. The van der Waals surface area contributed by atoms with Gasteiger partial charge >= 0.3 is 0 Å². The quantitative estimate of drug-likeness (QED) is 0.189. The number of fused-ring (bicyclic) bond motifs is 6. The van der Waals surface area contributed by atoms with Crippen LogP contribution in [0.3, 0.4) is 0 Å². The van der Waals surface area contributed by atoms with Crippen molar-refractivity contribution in [3.63, 3.8) is 0 Å². The summed E-state index contributed by atoms with van der Waals surface area (Å²) in [4.78, 5) is 0. The summed E-state index contributed by atoms with van der Waals surface area (Å²) < 4.78 is 2.39. The van der Waals surface area contributed by atoms with Gasteiger partial charge in [-0.3, -0.25) is 0 Å². The monoisotopic (exact) mass is 702 g/mol. The molecule has 1 aliphatic carbocycles. The number of para-hydroxylation sites is 1. The normalized spacial score (nSPS) is 13.2. The molecule has 260 valence electrons. The summed E-state index contributed by atoms with van der Waals surface area (Å²) in [7, 11) is 0. The molecule has 1 aromatic heterocycles. The van der Waals surface area contributed by atoms with E-state index in [-0.39, 0.29) is 0 Å². The fourth-order valence-electron chi connectivity index (χ4n) is 9.14. The van der Waals surface area contributed by atoms with Crippen molar-refractivity contribution in [1.82, 2.24) is 9.88 Å². The number of hydrogen-bond donors (Lipinski definition) is 1. The third-order valence-corrected chi connectivity index (χ3v) is 11.7. The molecule has 2 aliphatic rings. The number of aromatic nitrogens is 1. The molecule has 2 heteroatoms. The lowest BCUT2D eigenvalue weighted by molar-refractivity contribution is 0.855. The van der Waals surface area contributed by atoms with Crippen molar-refractivity contribution in [2.24, 2.45) is 0 Å². The van der Waals surface area contributed by atoms with Gasteiger partial charge in [-0.05, 0) is 145 Å². The molecular formula is C53H38N2. The highest BCUT2D eigenvalue weighted by atomic mass is 15.0. The second-order valence-corrected chi connectivity index (χ2v) is 14.8. The lowest BCUT2D eigenvalue weighted by Crippen LogP contribution is -2.10. The third kappa shape index (κ3) is 5.25. The Bertz CT molecular complexity index is 3000. The number of hydrogen-bond acceptors (Lipinski definition) is 1. The first-order chi connectivity index (χ1) is 27.3. The van der Waals surface area contributed by atoms with E-state index in [9.17, 15) is 0 Å². The van der Waals surface area contributed by atoms with E-state index in [1.54, 1.807) is 0 Å². The predicted octanol–water partition coefficient (Wildman–Crippen LogP) is 13.6. The van der Waals surface area contributed by atoms with Gasteiger partial charge in [-0.1, -0.05) is 133 Å². The Balaban J connectivity index is 1.02. The van der Waals surface area contributed by atoms with Gasteiger partial charge in [0.25, 0.3) is 0 Å². The molecule has 1 N–H and O–H groups in total. The molecule has 0 bridgehead atoms. The fourth-order valence-corrected chi connectivity index (χ4v) is 9.14. The highest BCUT2D eigenvalue weighted by molar-refractivity contribution is 6.11. The molecule has 55 heavy (non-hydrogen) atoms. The molecule has 8 aromatic carbocycles. The standard InChI is InChI=1S/C53H38N2/c1-4-12-35(13-5-1)52-44-18-10-11-19-45(44)53(36-14-6-2-7-15-36)48-33-41(24-26-46(48)52)39-22-20-38-31-40(23-21-37(38)30-39)42-25-27-50-47(32-42)49-34-54-29-28-51(49)55(50)43-16-8-3-9-17-43/h1-9,11-17,19-33,54H,10,18,34H2. The smallest absolute Gasteiger partial charge is 0.0538 e. The Kier molecular flexibility index (Phi) is 7.41. The van der Waals surface area contributed by atoms with E-state index in [1.165, 1.54) is 105 Å². The first-order valence-electron chi connectivity index (χ1n) is 19.4. The average molecular weight is 703 g/mol. The van der Waals surface area contributed by atoms with E-state index >= 15 is 0 Å². The van der Waals surface area contributed by atoms with E-state index < -0.39 is 0 Å². The van der Waals surface area contributed by atoms with Crippen molar-refractivity contribution in [3.8, 4) is 50.2 Å². The topological polar surface area (TPSA) is 17.0 Å². The molecule has 11 rings (SSSR count). The molecule has 0 spiro atoms. The van der Waals surface area contributed by atoms with Gasteiger partial charge in [0, 0.05) is 23.2 Å². The molecule has 1 aliphatic heterocycles. The van der Waals surface area contributed by atoms with Gasteiger partial charge in [0.2, 0.25) is 0 Å². The minimum Gasteiger partial charge on any atom is -0.387 e. The van der Waals surface area contributed by atoms with E-state index in [4.69, 9.17) is 0 Å². The second kappa shape index (κ2) is 12.9. The maximum Gasteiger partial charge on any atom is 0.0538 e. The van der Waals surface area contributed by atoms with Crippen molar-refractivity contribution in [2.75, 3.05) is 0 Å². The van der Waals surface area contributed by atoms with Crippen molar-refractivity contribution in [3.05, 3.63) is 198 Å². The summed E-state index contributed by atoms with van der Waals surface area (Å²) in [5.41, 5.74) is 18.0. The van der Waals surface area contributed by atoms with Gasteiger partial charge in [-0.15, -0.1) is 0 Å². The summed E-state index contributed by atoms with van der Waals surface area (Å²) in [5.74, 6) is 0. The molecule has 0 fully saturated rings. The first kappa shape index (κ1) is 31.6. The van der Waals surface area contributed by atoms with Gasteiger partial charge < -0.3 is 9.88 Å². The lowest BCUT2D eigenvalue weighted by atomic mass is 9.79.